The zero-order chi connectivity index (χ0) is 11.6. The molecule has 6 heteroatoms. The van der Waals surface area contributed by atoms with Crippen LogP contribution in [0.4, 0.5) is 0 Å². The van der Waals surface area contributed by atoms with Gasteiger partial charge >= 0.3 is 0 Å². The summed E-state index contributed by atoms with van der Waals surface area (Å²) in [7, 11) is 1.64. The first kappa shape index (κ1) is 13.4. The maximum absolute atomic E-state index is 5.57. The van der Waals surface area contributed by atoms with Gasteiger partial charge in [0.1, 0.15) is 0 Å². The molecule has 1 heterocycles. The van der Waals surface area contributed by atoms with E-state index in [1.807, 2.05) is 0 Å². The molecule has 5 nitrogen and oxygen atoms in total. The number of aryl methyl sites for hydroxylation is 1. The topological polar surface area (TPSA) is 57.4 Å². The van der Waals surface area contributed by atoms with E-state index in [9.17, 15) is 0 Å². The fraction of sp³-hybridized carbons (Fsp3) is 0.800. The number of alkyl halides is 1. The SMILES string of the molecule is COCCOCCc1noc(CCCCl)n1. The van der Waals surface area contributed by atoms with Crippen LogP contribution in [0.5, 0.6) is 0 Å². The van der Waals surface area contributed by atoms with Crippen molar-refractivity contribution in [1.29, 1.82) is 0 Å². The Balaban J connectivity index is 2.14. The van der Waals surface area contributed by atoms with Crippen molar-refractivity contribution in [2.75, 3.05) is 32.8 Å². The first-order chi connectivity index (χ1) is 7.86. The third-order valence-corrected chi connectivity index (χ3v) is 2.20. The predicted octanol–water partition coefficient (Wildman–Crippen LogP) is 1.45. The first-order valence-electron chi connectivity index (χ1n) is 5.31. The van der Waals surface area contributed by atoms with Gasteiger partial charge in [0, 0.05) is 25.8 Å². The van der Waals surface area contributed by atoms with Crippen LogP contribution in [0.2, 0.25) is 0 Å². The van der Waals surface area contributed by atoms with Crippen molar-refractivity contribution < 1.29 is 14.0 Å². The highest BCUT2D eigenvalue weighted by molar-refractivity contribution is 6.17. The van der Waals surface area contributed by atoms with Gasteiger partial charge in [0.15, 0.2) is 5.82 Å². The van der Waals surface area contributed by atoms with Gasteiger partial charge < -0.3 is 14.0 Å². The van der Waals surface area contributed by atoms with Crippen molar-refractivity contribution in [3.05, 3.63) is 11.7 Å². The van der Waals surface area contributed by atoms with E-state index >= 15 is 0 Å². The Morgan fingerprint density at radius 1 is 1.25 bits per heavy atom. The fourth-order valence-electron chi connectivity index (χ4n) is 1.12. The second-order valence-electron chi connectivity index (χ2n) is 3.25. The molecular formula is C10H17ClN2O3. The minimum atomic E-state index is 0.581. The van der Waals surface area contributed by atoms with Gasteiger partial charge in [-0.1, -0.05) is 5.16 Å². The van der Waals surface area contributed by atoms with Gasteiger partial charge in [0.2, 0.25) is 5.89 Å². The van der Waals surface area contributed by atoms with Crippen LogP contribution in [0.25, 0.3) is 0 Å². The number of nitrogens with zero attached hydrogens (tertiary/aromatic N) is 2. The second kappa shape index (κ2) is 8.50. The van der Waals surface area contributed by atoms with E-state index < -0.39 is 0 Å². The quantitative estimate of drug-likeness (QED) is 0.489. The summed E-state index contributed by atoms with van der Waals surface area (Å²) in [5.41, 5.74) is 0. The summed E-state index contributed by atoms with van der Waals surface area (Å²) in [6.07, 6.45) is 2.25. The molecule has 16 heavy (non-hydrogen) atoms. The molecule has 0 aromatic carbocycles. The van der Waals surface area contributed by atoms with E-state index in [1.54, 1.807) is 7.11 Å². The molecule has 0 bridgehead atoms. The van der Waals surface area contributed by atoms with Gasteiger partial charge in [0.25, 0.3) is 0 Å². The summed E-state index contributed by atoms with van der Waals surface area (Å²) in [6.45, 7) is 1.78. The van der Waals surface area contributed by atoms with Crippen molar-refractivity contribution in [3.63, 3.8) is 0 Å². The maximum Gasteiger partial charge on any atom is 0.226 e. The van der Waals surface area contributed by atoms with E-state index in [2.05, 4.69) is 10.1 Å². The molecule has 1 aromatic rings. The second-order valence-corrected chi connectivity index (χ2v) is 3.63. The zero-order valence-corrected chi connectivity index (χ0v) is 10.2. The summed E-state index contributed by atoms with van der Waals surface area (Å²) in [5, 5.41) is 3.85. The Hall–Kier alpha value is -0.650. The Morgan fingerprint density at radius 2 is 2.12 bits per heavy atom. The standard InChI is InChI=1S/C10H17ClN2O3/c1-14-7-8-15-6-4-9-12-10(16-13-9)3-2-5-11/h2-8H2,1H3. The number of hydrogen-bond acceptors (Lipinski definition) is 5. The molecule has 0 aliphatic rings. The van der Waals surface area contributed by atoms with Crippen molar-refractivity contribution in [1.82, 2.24) is 10.1 Å². The summed E-state index contributed by atoms with van der Waals surface area (Å²) in [5.74, 6) is 1.94. The predicted molar refractivity (Wildman–Crippen MR) is 59.7 cm³/mol. The highest BCUT2D eigenvalue weighted by Gasteiger charge is 2.05. The van der Waals surface area contributed by atoms with E-state index in [0.29, 0.717) is 43.8 Å². The number of ether oxygens (including phenoxy) is 2. The van der Waals surface area contributed by atoms with Gasteiger partial charge in [0.05, 0.1) is 19.8 Å². The number of methoxy groups -OCH3 is 1. The molecule has 92 valence electrons. The van der Waals surface area contributed by atoms with Gasteiger partial charge in [-0.15, -0.1) is 11.6 Å². The molecule has 0 atom stereocenters. The molecule has 0 saturated heterocycles. The molecule has 0 aliphatic carbocycles. The smallest absolute Gasteiger partial charge is 0.226 e. The molecule has 0 amide bonds. The van der Waals surface area contributed by atoms with Crippen molar-refractivity contribution in [2.45, 2.75) is 19.3 Å². The maximum atomic E-state index is 5.57. The van der Waals surface area contributed by atoms with Crippen molar-refractivity contribution in [2.24, 2.45) is 0 Å². The largest absolute Gasteiger partial charge is 0.382 e. The number of halogens is 1. The minimum Gasteiger partial charge on any atom is -0.382 e. The molecule has 0 saturated carbocycles. The van der Waals surface area contributed by atoms with Crippen LogP contribution in [-0.4, -0.2) is 43.0 Å². The molecule has 0 radical (unpaired) electrons. The molecule has 0 unspecified atom stereocenters. The molecule has 1 rings (SSSR count). The zero-order valence-electron chi connectivity index (χ0n) is 9.45. The first-order valence-corrected chi connectivity index (χ1v) is 5.84. The van der Waals surface area contributed by atoms with Crippen LogP contribution in [-0.2, 0) is 22.3 Å². The minimum absolute atomic E-state index is 0.581. The Bertz CT molecular complexity index is 281. The van der Waals surface area contributed by atoms with Crippen molar-refractivity contribution in [3.8, 4) is 0 Å². The van der Waals surface area contributed by atoms with E-state index in [-0.39, 0.29) is 0 Å². The molecule has 1 aromatic heterocycles. The van der Waals surface area contributed by atoms with Crippen LogP contribution in [0.1, 0.15) is 18.1 Å². The Kier molecular flexibility index (Phi) is 7.12. The van der Waals surface area contributed by atoms with Gasteiger partial charge in [-0.25, -0.2) is 0 Å². The summed E-state index contributed by atoms with van der Waals surface area (Å²) in [6, 6.07) is 0. The van der Waals surface area contributed by atoms with Crippen LogP contribution in [0, 0.1) is 0 Å². The fourth-order valence-corrected chi connectivity index (χ4v) is 1.25. The van der Waals surface area contributed by atoms with E-state index in [0.717, 1.165) is 12.8 Å². The van der Waals surface area contributed by atoms with Crippen LogP contribution in [0.15, 0.2) is 4.52 Å². The molecule has 0 spiro atoms. The van der Waals surface area contributed by atoms with E-state index in [4.69, 9.17) is 25.6 Å². The van der Waals surface area contributed by atoms with Gasteiger partial charge in [-0.3, -0.25) is 0 Å². The molecular weight excluding hydrogens is 232 g/mol. The third kappa shape index (κ3) is 5.44. The number of aromatic nitrogens is 2. The summed E-state index contributed by atoms with van der Waals surface area (Å²) >= 11 is 5.57. The average molecular weight is 249 g/mol. The monoisotopic (exact) mass is 248 g/mol. The lowest BCUT2D eigenvalue weighted by Gasteiger charge is -1.99. The van der Waals surface area contributed by atoms with Crippen LogP contribution < -0.4 is 0 Å². The third-order valence-electron chi connectivity index (χ3n) is 1.94. The lowest BCUT2D eigenvalue weighted by atomic mass is 10.3. The average Bonchev–Trinajstić information content (AvgIpc) is 2.74. The van der Waals surface area contributed by atoms with Gasteiger partial charge in [-0.2, -0.15) is 4.98 Å². The number of rotatable bonds is 9. The molecule has 0 fully saturated rings. The van der Waals surface area contributed by atoms with Crippen molar-refractivity contribution >= 4 is 11.6 Å². The normalized spacial score (nSPS) is 10.9. The lowest BCUT2D eigenvalue weighted by Crippen LogP contribution is -2.05. The molecule has 0 aliphatic heterocycles. The number of hydrogen-bond donors (Lipinski definition) is 0. The van der Waals surface area contributed by atoms with Crippen LogP contribution in [0.3, 0.4) is 0 Å². The summed E-state index contributed by atoms with van der Waals surface area (Å²) in [4.78, 5) is 4.22. The Labute approximate surface area is 100 Å². The highest BCUT2D eigenvalue weighted by atomic mass is 35.5. The van der Waals surface area contributed by atoms with Gasteiger partial charge in [-0.05, 0) is 6.42 Å². The van der Waals surface area contributed by atoms with E-state index in [1.165, 1.54) is 0 Å². The highest BCUT2D eigenvalue weighted by Crippen LogP contribution is 2.02. The van der Waals surface area contributed by atoms with Crippen LogP contribution >= 0.6 is 11.6 Å². The Morgan fingerprint density at radius 3 is 2.88 bits per heavy atom. The molecule has 0 N–H and O–H groups in total. The lowest BCUT2D eigenvalue weighted by molar-refractivity contribution is 0.0714. The summed E-state index contributed by atoms with van der Waals surface area (Å²) < 4.78 is 15.2.